The fourth-order valence-corrected chi connectivity index (χ4v) is 0.738. The van der Waals surface area contributed by atoms with Crippen LogP contribution in [0.5, 0.6) is 0 Å². The van der Waals surface area contributed by atoms with Gasteiger partial charge >= 0.3 is 11.9 Å². The molecule has 0 unspecified atom stereocenters. The number of hydrogen-bond acceptors (Lipinski definition) is 5. The summed E-state index contributed by atoms with van der Waals surface area (Å²) in [7, 11) is 0. The number of carbonyl (C=O) groups excluding carboxylic acids is 1. The van der Waals surface area contributed by atoms with Crippen LogP contribution >= 0.6 is 0 Å². The molecule has 112 valence electrons. The van der Waals surface area contributed by atoms with Crippen LogP contribution in [-0.4, -0.2) is 52.9 Å². The standard InChI is InChI=1S/C9H20N2O2.C2H2O4/c1-9(2,6-10)7-11-8(13)4-3-5-12;3-1(4)2(5)6/h12H,3-7,10H2,1-2H3,(H,11,13);(H,3,4)(H,5,6). The average molecular weight is 278 g/mol. The minimum atomic E-state index is -1.82. The molecule has 0 saturated carbocycles. The first-order valence-electron chi connectivity index (χ1n) is 5.70. The molecule has 8 nitrogen and oxygen atoms in total. The Hall–Kier alpha value is -1.67. The highest BCUT2D eigenvalue weighted by Crippen LogP contribution is 2.09. The largest absolute Gasteiger partial charge is 0.473 e. The molecule has 0 heterocycles. The molecule has 8 heteroatoms. The van der Waals surface area contributed by atoms with Gasteiger partial charge in [-0.2, -0.15) is 0 Å². The first kappa shape index (κ1) is 19.7. The fraction of sp³-hybridized carbons (Fsp3) is 0.727. The summed E-state index contributed by atoms with van der Waals surface area (Å²) < 4.78 is 0. The molecule has 0 atom stereocenters. The number of carboxylic acids is 2. The Morgan fingerprint density at radius 2 is 1.63 bits per heavy atom. The van der Waals surface area contributed by atoms with Crippen LogP contribution in [0.3, 0.4) is 0 Å². The third kappa shape index (κ3) is 14.3. The number of aliphatic hydroxyl groups excluding tert-OH is 1. The number of carbonyl (C=O) groups is 3. The summed E-state index contributed by atoms with van der Waals surface area (Å²) >= 11 is 0. The molecule has 0 aromatic rings. The maximum Gasteiger partial charge on any atom is 0.414 e. The minimum Gasteiger partial charge on any atom is -0.473 e. The average Bonchev–Trinajstić information content (AvgIpc) is 2.34. The number of amides is 1. The quantitative estimate of drug-likeness (QED) is 0.391. The number of nitrogens with two attached hydrogens (primary N) is 1. The summed E-state index contributed by atoms with van der Waals surface area (Å²) in [6.07, 6.45) is 0.909. The molecule has 0 spiro atoms. The van der Waals surface area contributed by atoms with E-state index in [0.717, 1.165) is 0 Å². The van der Waals surface area contributed by atoms with E-state index < -0.39 is 11.9 Å². The fourth-order valence-electron chi connectivity index (χ4n) is 0.738. The topological polar surface area (TPSA) is 150 Å². The molecule has 19 heavy (non-hydrogen) atoms. The van der Waals surface area contributed by atoms with Crippen LogP contribution in [0.15, 0.2) is 0 Å². The minimum absolute atomic E-state index is 0.0180. The van der Waals surface area contributed by atoms with Gasteiger partial charge in [-0.3, -0.25) is 4.79 Å². The third-order valence-corrected chi connectivity index (χ3v) is 2.06. The molecular weight excluding hydrogens is 256 g/mol. The van der Waals surface area contributed by atoms with Crippen LogP contribution in [0.4, 0.5) is 0 Å². The maximum atomic E-state index is 11.1. The van der Waals surface area contributed by atoms with Crippen molar-refractivity contribution in [1.29, 1.82) is 0 Å². The van der Waals surface area contributed by atoms with E-state index in [-0.39, 0.29) is 17.9 Å². The highest BCUT2D eigenvalue weighted by molar-refractivity contribution is 6.27. The van der Waals surface area contributed by atoms with Crippen molar-refractivity contribution < 1.29 is 29.7 Å². The number of carboxylic acid groups (broad SMARTS) is 2. The summed E-state index contributed by atoms with van der Waals surface area (Å²) in [5, 5.41) is 26.1. The Morgan fingerprint density at radius 1 is 1.16 bits per heavy atom. The van der Waals surface area contributed by atoms with E-state index >= 15 is 0 Å². The van der Waals surface area contributed by atoms with Crippen molar-refractivity contribution in [2.45, 2.75) is 26.7 Å². The van der Waals surface area contributed by atoms with Crippen molar-refractivity contribution in [2.75, 3.05) is 19.7 Å². The molecule has 0 aromatic carbocycles. The second-order valence-electron chi connectivity index (χ2n) is 4.58. The number of rotatable bonds is 6. The van der Waals surface area contributed by atoms with Crippen LogP contribution in [0, 0.1) is 5.41 Å². The molecule has 0 aliphatic rings. The summed E-state index contributed by atoms with van der Waals surface area (Å²) in [6, 6.07) is 0. The lowest BCUT2D eigenvalue weighted by atomic mass is 9.94. The Labute approximate surface area is 111 Å². The number of nitrogens with one attached hydrogen (secondary N) is 1. The lowest BCUT2D eigenvalue weighted by molar-refractivity contribution is -0.159. The first-order valence-corrected chi connectivity index (χ1v) is 5.70. The van der Waals surface area contributed by atoms with Crippen molar-refractivity contribution in [2.24, 2.45) is 11.1 Å². The number of aliphatic hydroxyl groups is 1. The van der Waals surface area contributed by atoms with Gasteiger partial charge in [-0.05, 0) is 18.4 Å². The zero-order chi connectivity index (χ0) is 15.5. The van der Waals surface area contributed by atoms with Crippen molar-refractivity contribution in [3.63, 3.8) is 0 Å². The highest BCUT2D eigenvalue weighted by Gasteiger charge is 2.15. The van der Waals surface area contributed by atoms with Crippen LogP contribution < -0.4 is 11.1 Å². The van der Waals surface area contributed by atoms with Gasteiger partial charge in [0.15, 0.2) is 0 Å². The second kappa shape index (κ2) is 10.3. The van der Waals surface area contributed by atoms with E-state index in [9.17, 15) is 4.79 Å². The zero-order valence-electron chi connectivity index (χ0n) is 11.2. The lowest BCUT2D eigenvalue weighted by Gasteiger charge is -2.22. The third-order valence-electron chi connectivity index (χ3n) is 2.06. The van der Waals surface area contributed by atoms with E-state index in [2.05, 4.69) is 5.32 Å². The van der Waals surface area contributed by atoms with Crippen molar-refractivity contribution in [3.05, 3.63) is 0 Å². The predicted octanol–water partition coefficient (Wildman–Crippen LogP) is -0.984. The van der Waals surface area contributed by atoms with Gasteiger partial charge in [0.05, 0.1) is 0 Å². The molecule has 0 fully saturated rings. The van der Waals surface area contributed by atoms with Crippen LogP contribution in [0.25, 0.3) is 0 Å². The molecule has 1 amide bonds. The van der Waals surface area contributed by atoms with Gasteiger partial charge in [-0.15, -0.1) is 0 Å². The van der Waals surface area contributed by atoms with Gasteiger partial charge in [-0.25, -0.2) is 9.59 Å². The van der Waals surface area contributed by atoms with E-state index in [1.807, 2.05) is 13.8 Å². The maximum absolute atomic E-state index is 11.1. The lowest BCUT2D eigenvalue weighted by Crippen LogP contribution is -2.38. The molecule has 0 radical (unpaired) electrons. The molecule has 0 bridgehead atoms. The molecule has 0 aliphatic heterocycles. The summed E-state index contributed by atoms with van der Waals surface area (Å²) in [6.45, 7) is 5.20. The zero-order valence-corrected chi connectivity index (χ0v) is 11.2. The van der Waals surface area contributed by atoms with E-state index in [4.69, 9.17) is 30.6 Å². The summed E-state index contributed by atoms with van der Waals surface area (Å²) in [4.78, 5) is 29.3. The van der Waals surface area contributed by atoms with E-state index in [1.54, 1.807) is 0 Å². The smallest absolute Gasteiger partial charge is 0.414 e. The van der Waals surface area contributed by atoms with Crippen LogP contribution in [0.1, 0.15) is 26.7 Å². The van der Waals surface area contributed by atoms with Crippen molar-refractivity contribution in [1.82, 2.24) is 5.32 Å². The number of aliphatic carboxylic acids is 2. The normalized spacial score (nSPS) is 10.1. The molecule has 0 rings (SSSR count). The van der Waals surface area contributed by atoms with E-state index in [0.29, 0.717) is 25.9 Å². The Morgan fingerprint density at radius 3 is 1.95 bits per heavy atom. The van der Waals surface area contributed by atoms with Gasteiger partial charge in [0.2, 0.25) is 5.91 Å². The van der Waals surface area contributed by atoms with Gasteiger partial charge in [-0.1, -0.05) is 13.8 Å². The molecular formula is C11H22N2O6. The molecule has 0 aliphatic carbocycles. The Balaban J connectivity index is 0. The van der Waals surface area contributed by atoms with Crippen molar-refractivity contribution in [3.8, 4) is 0 Å². The summed E-state index contributed by atoms with van der Waals surface area (Å²) in [5.41, 5.74) is 5.45. The van der Waals surface area contributed by atoms with Crippen LogP contribution in [0.2, 0.25) is 0 Å². The molecule has 0 aromatic heterocycles. The molecule has 6 N–H and O–H groups in total. The van der Waals surface area contributed by atoms with Gasteiger partial charge < -0.3 is 26.4 Å². The first-order chi connectivity index (χ1) is 8.66. The van der Waals surface area contributed by atoms with Crippen LogP contribution in [-0.2, 0) is 14.4 Å². The predicted molar refractivity (Wildman–Crippen MR) is 67.4 cm³/mol. The van der Waals surface area contributed by atoms with Crippen molar-refractivity contribution >= 4 is 17.8 Å². The Kier molecular flexibility index (Phi) is 10.6. The summed E-state index contributed by atoms with van der Waals surface area (Å²) in [5.74, 6) is -3.67. The van der Waals surface area contributed by atoms with Gasteiger partial charge in [0.1, 0.15) is 0 Å². The Bertz CT molecular complexity index is 292. The highest BCUT2D eigenvalue weighted by atomic mass is 16.4. The number of hydrogen-bond donors (Lipinski definition) is 5. The monoisotopic (exact) mass is 278 g/mol. The van der Waals surface area contributed by atoms with E-state index in [1.165, 1.54) is 0 Å². The van der Waals surface area contributed by atoms with Gasteiger partial charge in [0.25, 0.3) is 0 Å². The van der Waals surface area contributed by atoms with Gasteiger partial charge in [0, 0.05) is 19.6 Å². The SMILES string of the molecule is CC(C)(CN)CNC(=O)CCCO.O=C(O)C(=O)O. The second-order valence-corrected chi connectivity index (χ2v) is 4.58. The molecule has 0 saturated heterocycles.